The van der Waals surface area contributed by atoms with Gasteiger partial charge in [0.15, 0.2) is 0 Å². The van der Waals surface area contributed by atoms with Gasteiger partial charge in [0.1, 0.15) is 4.21 Å². The number of pyridine rings is 1. The summed E-state index contributed by atoms with van der Waals surface area (Å²) in [7, 11) is -3.51. The first-order valence-electron chi connectivity index (χ1n) is 6.71. The maximum Gasteiger partial charge on any atom is 0.250 e. The van der Waals surface area contributed by atoms with Gasteiger partial charge in [0.2, 0.25) is 15.9 Å². The lowest BCUT2D eigenvalue weighted by molar-refractivity contribution is -0.121. The lowest BCUT2D eigenvalue weighted by Crippen LogP contribution is -2.31. The highest BCUT2D eigenvalue weighted by Gasteiger charge is 2.15. The van der Waals surface area contributed by atoms with Crippen LogP contribution in [0.2, 0.25) is 0 Å². The molecular formula is C14H17N3O3S2. The SMILES string of the molecule is C[C@@H](NC(=O)CCNS(=O)(=O)c1cccs1)c1ccncc1. The van der Waals surface area contributed by atoms with E-state index in [0.717, 1.165) is 16.9 Å². The normalized spacial score (nSPS) is 12.8. The summed E-state index contributed by atoms with van der Waals surface area (Å²) in [5, 5.41) is 4.51. The molecular weight excluding hydrogens is 322 g/mol. The molecule has 0 bridgehead atoms. The van der Waals surface area contributed by atoms with E-state index in [1.165, 1.54) is 6.07 Å². The predicted molar refractivity (Wildman–Crippen MR) is 84.9 cm³/mol. The van der Waals surface area contributed by atoms with E-state index in [0.29, 0.717) is 0 Å². The van der Waals surface area contributed by atoms with Crippen molar-refractivity contribution in [3.63, 3.8) is 0 Å². The van der Waals surface area contributed by atoms with Crippen LogP contribution in [0.25, 0.3) is 0 Å². The van der Waals surface area contributed by atoms with E-state index in [2.05, 4.69) is 15.0 Å². The molecule has 1 amide bonds. The number of nitrogens with zero attached hydrogens (tertiary/aromatic N) is 1. The van der Waals surface area contributed by atoms with Crippen molar-refractivity contribution in [3.8, 4) is 0 Å². The summed E-state index contributed by atoms with van der Waals surface area (Å²) in [6.45, 7) is 1.93. The molecule has 0 saturated heterocycles. The van der Waals surface area contributed by atoms with Crippen molar-refractivity contribution in [2.75, 3.05) is 6.54 Å². The van der Waals surface area contributed by atoms with Crippen LogP contribution in [0.5, 0.6) is 0 Å². The van der Waals surface area contributed by atoms with Gasteiger partial charge in [-0.2, -0.15) is 0 Å². The maximum absolute atomic E-state index is 11.9. The number of hydrogen-bond donors (Lipinski definition) is 2. The van der Waals surface area contributed by atoms with Gasteiger partial charge in [-0.15, -0.1) is 11.3 Å². The van der Waals surface area contributed by atoms with Crippen LogP contribution in [-0.4, -0.2) is 25.9 Å². The summed E-state index contributed by atoms with van der Waals surface area (Å²) >= 11 is 1.14. The van der Waals surface area contributed by atoms with Crippen molar-refractivity contribution in [3.05, 3.63) is 47.6 Å². The van der Waals surface area contributed by atoms with Gasteiger partial charge in [0.25, 0.3) is 0 Å². The third-order valence-electron chi connectivity index (χ3n) is 2.99. The molecule has 0 spiro atoms. The van der Waals surface area contributed by atoms with Crippen molar-refractivity contribution in [1.82, 2.24) is 15.0 Å². The minimum absolute atomic E-state index is 0.0646. The fourth-order valence-electron chi connectivity index (χ4n) is 1.84. The van der Waals surface area contributed by atoms with Crippen LogP contribution < -0.4 is 10.0 Å². The molecule has 0 aliphatic carbocycles. The Morgan fingerprint density at radius 3 is 2.68 bits per heavy atom. The Bertz CT molecular complexity index is 700. The van der Waals surface area contributed by atoms with Crippen LogP contribution in [0.15, 0.2) is 46.2 Å². The van der Waals surface area contributed by atoms with Gasteiger partial charge in [0, 0.05) is 25.4 Å². The van der Waals surface area contributed by atoms with E-state index in [1.54, 1.807) is 23.8 Å². The molecule has 2 aromatic rings. The standard InChI is InChI=1S/C14H17N3O3S2/c1-11(12-4-7-15-8-5-12)17-13(18)6-9-16-22(19,20)14-3-2-10-21-14/h2-5,7-8,10-11,16H,6,9H2,1H3,(H,17,18)/t11-/m1/s1. The van der Waals surface area contributed by atoms with Crippen LogP contribution in [0.4, 0.5) is 0 Å². The highest BCUT2D eigenvalue weighted by atomic mass is 32.2. The molecule has 22 heavy (non-hydrogen) atoms. The first-order chi connectivity index (χ1) is 10.5. The number of nitrogens with one attached hydrogen (secondary N) is 2. The van der Waals surface area contributed by atoms with E-state index in [-0.39, 0.29) is 29.1 Å². The second-order valence-corrected chi connectivity index (χ2v) is 7.59. The van der Waals surface area contributed by atoms with Crippen molar-refractivity contribution in [2.24, 2.45) is 0 Å². The van der Waals surface area contributed by atoms with Crippen LogP contribution in [-0.2, 0) is 14.8 Å². The first kappa shape index (κ1) is 16.6. The van der Waals surface area contributed by atoms with Crippen molar-refractivity contribution in [1.29, 1.82) is 0 Å². The van der Waals surface area contributed by atoms with E-state index >= 15 is 0 Å². The highest BCUT2D eigenvalue weighted by Crippen LogP contribution is 2.15. The van der Waals surface area contributed by atoms with Crippen molar-refractivity contribution >= 4 is 27.3 Å². The topological polar surface area (TPSA) is 88.2 Å². The molecule has 0 fully saturated rings. The number of carbonyl (C=O) groups is 1. The van der Waals surface area contributed by atoms with Gasteiger partial charge in [0.05, 0.1) is 6.04 Å². The summed E-state index contributed by atoms with van der Waals surface area (Å²) in [5.41, 5.74) is 0.947. The largest absolute Gasteiger partial charge is 0.350 e. The van der Waals surface area contributed by atoms with Gasteiger partial charge in [-0.05, 0) is 36.1 Å². The molecule has 0 aliphatic heterocycles. The number of hydrogen-bond acceptors (Lipinski definition) is 5. The van der Waals surface area contributed by atoms with E-state index < -0.39 is 10.0 Å². The third kappa shape index (κ3) is 4.62. The smallest absolute Gasteiger partial charge is 0.250 e. The van der Waals surface area contributed by atoms with Gasteiger partial charge in [-0.1, -0.05) is 6.07 Å². The Kier molecular flexibility index (Phi) is 5.64. The number of amides is 1. The first-order valence-corrected chi connectivity index (χ1v) is 9.08. The second-order valence-electron chi connectivity index (χ2n) is 4.65. The molecule has 2 heterocycles. The van der Waals surface area contributed by atoms with E-state index in [1.807, 2.05) is 19.1 Å². The molecule has 2 rings (SSSR count). The predicted octanol–water partition coefficient (Wildman–Crippen LogP) is 1.69. The molecule has 2 aromatic heterocycles. The van der Waals surface area contributed by atoms with Gasteiger partial charge in [-0.25, -0.2) is 13.1 Å². The minimum atomic E-state index is -3.51. The third-order valence-corrected chi connectivity index (χ3v) is 5.85. The number of thiophene rings is 1. The van der Waals surface area contributed by atoms with Crippen LogP contribution in [0, 0.1) is 0 Å². The summed E-state index contributed by atoms with van der Waals surface area (Å²) in [5.74, 6) is -0.210. The summed E-state index contributed by atoms with van der Waals surface area (Å²) in [4.78, 5) is 15.8. The van der Waals surface area contributed by atoms with Gasteiger partial charge < -0.3 is 5.32 Å². The number of rotatable bonds is 7. The fraction of sp³-hybridized carbons (Fsp3) is 0.286. The lowest BCUT2D eigenvalue weighted by atomic mass is 10.1. The Balaban J connectivity index is 1.79. The Hall–Kier alpha value is -1.77. The van der Waals surface area contributed by atoms with Crippen LogP contribution in [0.3, 0.4) is 0 Å². The zero-order chi connectivity index (χ0) is 16.0. The summed E-state index contributed by atoms with van der Waals surface area (Å²) in [6.07, 6.45) is 3.40. The number of aromatic nitrogens is 1. The van der Waals surface area contributed by atoms with E-state index in [4.69, 9.17) is 0 Å². The average molecular weight is 339 g/mol. The molecule has 118 valence electrons. The van der Waals surface area contributed by atoms with Crippen molar-refractivity contribution in [2.45, 2.75) is 23.6 Å². The van der Waals surface area contributed by atoms with Crippen molar-refractivity contribution < 1.29 is 13.2 Å². The molecule has 2 N–H and O–H groups in total. The molecule has 0 aromatic carbocycles. The molecule has 6 nitrogen and oxygen atoms in total. The van der Waals surface area contributed by atoms with Gasteiger partial charge >= 0.3 is 0 Å². The Morgan fingerprint density at radius 1 is 1.32 bits per heavy atom. The molecule has 8 heteroatoms. The monoisotopic (exact) mass is 339 g/mol. The van der Waals surface area contributed by atoms with Gasteiger partial charge in [-0.3, -0.25) is 9.78 Å². The molecule has 0 unspecified atom stereocenters. The summed E-state index contributed by atoms with van der Waals surface area (Å²) < 4.78 is 26.4. The molecule has 0 radical (unpaired) electrons. The molecule has 0 saturated carbocycles. The Morgan fingerprint density at radius 2 is 2.05 bits per heavy atom. The van der Waals surface area contributed by atoms with Crippen LogP contribution >= 0.6 is 11.3 Å². The average Bonchev–Trinajstić information content (AvgIpc) is 3.03. The maximum atomic E-state index is 11.9. The molecule has 1 atom stereocenters. The second kappa shape index (κ2) is 7.48. The Labute approximate surface area is 133 Å². The zero-order valence-electron chi connectivity index (χ0n) is 12.0. The lowest BCUT2D eigenvalue weighted by Gasteiger charge is -2.14. The summed E-state index contributed by atoms with van der Waals surface area (Å²) in [6, 6.07) is 6.69. The number of sulfonamides is 1. The highest BCUT2D eigenvalue weighted by molar-refractivity contribution is 7.91. The molecule has 0 aliphatic rings. The van der Waals surface area contributed by atoms with Crippen LogP contribution in [0.1, 0.15) is 24.9 Å². The quantitative estimate of drug-likeness (QED) is 0.803. The van der Waals surface area contributed by atoms with E-state index in [9.17, 15) is 13.2 Å². The fourth-order valence-corrected chi connectivity index (χ4v) is 3.90. The number of carbonyl (C=O) groups excluding carboxylic acids is 1. The zero-order valence-corrected chi connectivity index (χ0v) is 13.7. The minimum Gasteiger partial charge on any atom is -0.350 e.